The van der Waals surface area contributed by atoms with Crippen molar-refractivity contribution in [3.8, 4) is 0 Å². The van der Waals surface area contributed by atoms with Crippen molar-refractivity contribution in [2.45, 2.75) is 38.4 Å². The summed E-state index contributed by atoms with van der Waals surface area (Å²) in [5, 5.41) is 7.53. The third kappa shape index (κ3) is 3.79. The molecule has 5 rings (SSSR count). The standard InChI is InChI=1S/C22H22FN7O2/c1-28-13-25-18-10-15(11-24-20(18)28)21(31)26-17-6-7-19-27-30(22(32)29(19)9-8-17)12-14-2-4-16(23)5-3-14/h2-5,10-11,13,17H,6-9,12H2,1H3,(H,26,31). The first-order valence-corrected chi connectivity index (χ1v) is 10.5. The molecule has 1 aliphatic rings. The Hall–Kier alpha value is -3.82. The molecule has 1 amide bonds. The van der Waals surface area contributed by atoms with Crippen molar-refractivity contribution in [3.63, 3.8) is 0 Å². The molecular formula is C22H22FN7O2. The number of pyridine rings is 1. The number of fused-ring (bicyclic) bond motifs is 2. The van der Waals surface area contributed by atoms with Gasteiger partial charge in [-0.2, -0.15) is 5.10 Å². The molecule has 164 valence electrons. The van der Waals surface area contributed by atoms with Crippen LogP contribution in [0.15, 0.2) is 47.7 Å². The highest BCUT2D eigenvalue weighted by Gasteiger charge is 2.23. The minimum absolute atomic E-state index is 0.0754. The summed E-state index contributed by atoms with van der Waals surface area (Å²) in [5.41, 5.74) is 2.47. The predicted molar refractivity (Wildman–Crippen MR) is 115 cm³/mol. The van der Waals surface area contributed by atoms with Crippen LogP contribution >= 0.6 is 0 Å². The normalized spacial score (nSPS) is 16.0. The second-order valence-electron chi connectivity index (χ2n) is 8.05. The molecule has 0 saturated carbocycles. The van der Waals surface area contributed by atoms with Gasteiger partial charge in [-0.3, -0.25) is 9.36 Å². The fraction of sp³-hybridized carbons (Fsp3) is 0.318. The number of halogens is 1. The van der Waals surface area contributed by atoms with E-state index in [1.54, 1.807) is 39.9 Å². The van der Waals surface area contributed by atoms with E-state index in [0.29, 0.717) is 49.3 Å². The van der Waals surface area contributed by atoms with Crippen molar-refractivity contribution in [1.29, 1.82) is 0 Å². The summed E-state index contributed by atoms with van der Waals surface area (Å²) in [6, 6.07) is 7.69. The highest BCUT2D eigenvalue weighted by molar-refractivity contribution is 5.96. The van der Waals surface area contributed by atoms with Gasteiger partial charge in [-0.05, 0) is 36.6 Å². The fourth-order valence-corrected chi connectivity index (χ4v) is 4.05. The van der Waals surface area contributed by atoms with E-state index < -0.39 is 0 Å². The molecule has 4 aromatic rings. The number of aromatic nitrogens is 6. The van der Waals surface area contributed by atoms with Crippen LogP contribution in [0.2, 0.25) is 0 Å². The van der Waals surface area contributed by atoms with Crippen molar-refractivity contribution in [2.24, 2.45) is 7.05 Å². The predicted octanol–water partition coefficient (Wildman–Crippen LogP) is 1.65. The van der Waals surface area contributed by atoms with Crippen molar-refractivity contribution in [1.82, 2.24) is 34.2 Å². The maximum atomic E-state index is 13.1. The summed E-state index contributed by atoms with van der Waals surface area (Å²) in [7, 11) is 1.85. The molecule has 1 N–H and O–H groups in total. The van der Waals surface area contributed by atoms with Gasteiger partial charge in [0.25, 0.3) is 5.91 Å². The van der Waals surface area contributed by atoms with Gasteiger partial charge in [-0.15, -0.1) is 0 Å². The number of carbonyl (C=O) groups is 1. The van der Waals surface area contributed by atoms with Gasteiger partial charge in [0, 0.05) is 32.3 Å². The Morgan fingerprint density at radius 1 is 1.22 bits per heavy atom. The van der Waals surface area contributed by atoms with Crippen LogP contribution in [-0.2, 0) is 26.6 Å². The van der Waals surface area contributed by atoms with Gasteiger partial charge < -0.3 is 9.88 Å². The smallest absolute Gasteiger partial charge is 0.346 e. The second kappa shape index (κ2) is 8.03. The molecule has 4 heterocycles. The Labute approximate surface area is 182 Å². The zero-order valence-corrected chi connectivity index (χ0v) is 17.5. The summed E-state index contributed by atoms with van der Waals surface area (Å²) in [6.45, 7) is 0.766. The number of hydrogen-bond donors (Lipinski definition) is 1. The number of hydrogen-bond acceptors (Lipinski definition) is 5. The minimum atomic E-state index is -0.314. The highest BCUT2D eigenvalue weighted by Crippen LogP contribution is 2.15. The Morgan fingerprint density at radius 2 is 2.03 bits per heavy atom. The minimum Gasteiger partial charge on any atom is -0.349 e. The van der Waals surface area contributed by atoms with E-state index in [2.05, 4.69) is 20.4 Å². The van der Waals surface area contributed by atoms with E-state index in [4.69, 9.17) is 0 Å². The molecule has 1 aliphatic heterocycles. The van der Waals surface area contributed by atoms with Crippen LogP contribution in [0.5, 0.6) is 0 Å². The average Bonchev–Trinajstić information content (AvgIpc) is 3.22. The molecule has 1 aromatic carbocycles. The Kier molecular flexibility index (Phi) is 5.04. The number of imidazole rings is 1. The molecule has 1 unspecified atom stereocenters. The van der Waals surface area contributed by atoms with Crippen LogP contribution in [0.4, 0.5) is 4.39 Å². The first-order chi connectivity index (χ1) is 15.5. The molecule has 9 nitrogen and oxygen atoms in total. The Bertz CT molecular complexity index is 1350. The molecule has 0 aliphatic carbocycles. The Balaban J connectivity index is 1.26. The van der Waals surface area contributed by atoms with Crippen LogP contribution in [0.3, 0.4) is 0 Å². The van der Waals surface area contributed by atoms with Gasteiger partial charge in [0.15, 0.2) is 5.65 Å². The average molecular weight is 435 g/mol. The van der Waals surface area contributed by atoms with Gasteiger partial charge in [0.1, 0.15) is 17.2 Å². The lowest BCUT2D eigenvalue weighted by molar-refractivity contribution is 0.0932. The fourth-order valence-electron chi connectivity index (χ4n) is 4.05. The third-order valence-electron chi connectivity index (χ3n) is 5.81. The van der Waals surface area contributed by atoms with Gasteiger partial charge >= 0.3 is 5.69 Å². The summed E-state index contributed by atoms with van der Waals surface area (Å²) in [5.74, 6) is 0.180. The number of aryl methyl sites for hydroxylation is 2. The van der Waals surface area contributed by atoms with E-state index in [0.717, 1.165) is 11.2 Å². The van der Waals surface area contributed by atoms with Crippen molar-refractivity contribution < 1.29 is 9.18 Å². The maximum absolute atomic E-state index is 13.1. The summed E-state index contributed by atoms with van der Waals surface area (Å²) < 4.78 is 18.0. The lowest BCUT2D eigenvalue weighted by Crippen LogP contribution is -2.36. The monoisotopic (exact) mass is 435 g/mol. The van der Waals surface area contributed by atoms with E-state index in [-0.39, 0.29) is 23.5 Å². The lowest BCUT2D eigenvalue weighted by Gasteiger charge is -2.16. The number of rotatable bonds is 4. The molecular weight excluding hydrogens is 413 g/mol. The molecule has 0 saturated heterocycles. The number of nitrogens with one attached hydrogen (secondary N) is 1. The van der Waals surface area contributed by atoms with Gasteiger partial charge in [-0.25, -0.2) is 23.8 Å². The zero-order chi connectivity index (χ0) is 22.2. The van der Waals surface area contributed by atoms with E-state index >= 15 is 0 Å². The first kappa shape index (κ1) is 20.1. The first-order valence-electron chi connectivity index (χ1n) is 10.5. The highest BCUT2D eigenvalue weighted by atomic mass is 19.1. The van der Waals surface area contributed by atoms with Gasteiger partial charge in [-0.1, -0.05) is 12.1 Å². The lowest BCUT2D eigenvalue weighted by atomic mass is 10.1. The van der Waals surface area contributed by atoms with E-state index in [9.17, 15) is 14.0 Å². The van der Waals surface area contributed by atoms with Crippen LogP contribution < -0.4 is 11.0 Å². The summed E-state index contributed by atoms with van der Waals surface area (Å²) >= 11 is 0. The largest absolute Gasteiger partial charge is 0.349 e. The third-order valence-corrected chi connectivity index (χ3v) is 5.81. The van der Waals surface area contributed by atoms with Crippen molar-refractivity contribution in [2.75, 3.05) is 0 Å². The van der Waals surface area contributed by atoms with E-state index in [1.807, 2.05) is 7.05 Å². The van der Waals surface area contributed by atoms with Crippen LogP contribution in [0, 0.1) is 5.82 Å². The number of benzene rings is 1. The van der Waals surface area contributed by atoms with Crippen LogP contribution in [0.1, 0.15) is 34.6 Å². The van der Waals surface area contributed by atoms with Crippen molar-refractivity contribution in [3.05, 3.63) is 76.1 Å². The van der Waals surface area contributed by atoms with Crippen LogP contribution in [0.25, 0.3) is 11.2 Å². The SMILES string of the molecule is Cn1cnc2cc(C(=O)NC3CCc4nn(Cc5ccc(F)cc5)c(=O)n4CC3)cnc21. The second-order valence-corrected chi connectivity index (χ2v) is 8.05. The quantitative estimate of drug-likeness (QED) is 0.526. The molecule has 0 spiro atoms. The summed E-state index contributed by atoms with van der Waals surface area (Å²) in [4.78, 5) is 34.1. The molecule has 1 atom stereocenters. The van der Waals surface area contributed by atoms with Gasteiger partial charge in [0.05, 0.1) is 18.4 Å². The molecule has 0 fully saturated rings. The van der Waals surface area contributed by atoms with Crippen LogP contribution in [-0.4, -0.2) is 40.8 Å². The molecule has 3 aromatic heterocycles. The molecule has 0 bridgehead atoms. The number of nitrogens with zero attached hydrogens (tertiary/aromatic N) is 6. The Morgan fingerprint density at radius 3 is 2.84 bits per heavy atom. The summed E-state index contributed by atoms with van der Waals surface area (Å²) in [6.07, 6.45) is 5.09. The van der Waals surface area contributed by atoms with Gasteiger partial charge in [0.2, 0.25) is 0 Å². The molecule has 10 heteroatoms. The number of carbonyl (C=O) groups excluding carboxylic acids is 1. The maximum Gasteiger partial charge on any atom is 0.346 e. The van der Waals surface area contributed by atoms with E-state index in [1.165, 1.54) is 16.8 Å². The van der Waals surface area contributed by atoms with Crippen molar-refractivity contribution >= 4 is 17.1 Å². The topological polar surface area (TPSA) is 99.6 Å². The zero-order valence-electron chi connectivity index (χ0n) is 17.5. The molecule has 0 radical (unpaired) electrons. The number of amides is 1. The molecule has 32 heavy (non-hydrogen) atoms.